The summed E-state index contributed by atoms with van der Waals surface area (Å²) in [5, 5.41) is 0.690. The Kier molecular flexibility index (Phi) is 5.28. The Morgan fingerprint density at radius 3 is 2.11 bits per heavy atom. The highest BCUT2D eigenvalue weighted by Gasteiger charge is 2.53. The van der Waals surface area contributed by atoms with Crippen molar-refractivity contribution in [3.05, 3.63) is 58.1 Å². The van der Waals surface area contributed by atoms with Crippen molar-refractivity contribution >= 4 is 23.2 Å². The zero-order valence-electron chi connectivity index (χ0n) is 17.4. The Morgan fingerprint density at radius 2 is 1.57 bits per heavy atom. The lowest BCUT2D eigenvalue weighted by atomic mass is 9.73. The predicted molar refractivity (Wildman–Crippen MR) is 113 cm³/mol. The maximum Gasteiger partial charge on any atom is 0.179 e. The molecule has 4 heteroatoms. The number of carbonyl (C=O) groups is 2. The van der Waals surface area contributed by atoms with E-state index in [0.29, 0.717) is 11.4 Å². The van der Waals surface area contributed by atoms with Crippen LogP contribution in [0.1, 0.15) is 57.2 Å². The van der Waals surface area contributed by atoms with Crippen molar-refractivity contribution in [1.82, 2.24) is 0 Å². The highest BCUT2D eigenvalue weighted by molar-refractivity contribution is 6.33. The molecule has 0 saturated carbocycles. The van der Waals surface area contributed by atoms with Gasteiger partial charge in [-0.05, 0) is 69.4 Å². The van der Waals surface area contributed by atoms with Crippen molar-refractivity contribution < 1.29 is 14.3 Å². The molecule has 3 rings (SSSR count). The van der Waals surface area contributed by atoms with E-state index in [4.69, 9.17) is 16.3 Å². The molecular weight excluding hydrogens is 372 g/mol. The highest BCUT2D eigenvalue weighted by Crippen LogP contribution is 2.40. The van der Waals surface area contributed by atoms with Gasteiger partial charge < -0.3 is 4.74 Å². The summed E-state index contributed by atoms with van der Waals surface area (Å²) >= 11 is 6.44. The fourth-order valence-electron chi connectivity index (χ4n) is 4.05. The molecule has 0 amide bonds. The van der Waals surface area contributed by atoms with Crippen molar-refractivity contribution in [3.63, 3.8) is 0 Å². The fourth-order valence-corrected chi connectivity index (χ4v) is 4.39. The van der Waals surface area contributed by atoms with Gasteiger partial charge in [-0.1, -0.05) is 48.9 Å². The Labute approximate surface area is 172 Å². The van der Waals surface area contributed by atoms with Gasteiger partial charge in [0, 0.05) is 10.6 Å². The predicted octanol–water partition coefficient (Wildman–Crippen LogP) is 5.69. The smallest absolute Gasteiger partial charge is 0.179 e. The standard InChI is InChI=1S/C24H27ClO3/c1-7-15-13-16(17-10-8-14(2)12-19(17)25)9-11-18(15)20-21(26)23(3,4)28-24(5,6)22(20)27/h8-13,20H,7H2,1-6H3. The zero-order valence-corrected chi connectivity index (χ0v) is 18.1. The van der Waals surface area contributed by atoms with E-state index in [1.54, 1.807) is 27.7 Å². The molecule has 0 aliphatic carbocycles. The van der Waals surface area contributed by atoms with Gasteiger partial charge in [-0.2, -0.15) is 0 Å². The number of halogens is 1. The number of hydrogen-bond acceptors (Lipinski definition) is 3. The quantitative estimate of drug-likeness (QED) is 0.624. The number of Topliss-reactive ketones (excluding diaryl/α,β-unsaturated/α-hetero) is 2. The molecule has 0 bridgehead atoms. The summed E-state index contributed by atoms with van der Waals surface area (Å²) < 4.78 is 5.81. The van der Waals surface area contributed by atoms with Crippen LogP contribution in [0, 0.1) is 6.92 Å². The number of benzene rings is 2. The van der Waals surface area contributed by atoms with E-state index in [1.807, 2.05) is 50.2 Å². The summed E-state index contributed by atoms with van der Waals surface area (Å²) in [5.41, 5.74) is 2.76. The Balaban J connectivity index is 2.12. The molecule has 1 aliphatic rings. The van der Waals surface area contributed by atoms with Crippen molar-refractivity contribution in [2.24, 2.45) is 0 Å². The second kappa shape index (κ2) is 7.13. The number of rotatable bonds is 3. The molecule has 0 spiro atoms. The van der Waals surface area contributed by atoms with Crippen molar-refractivity contribution in [1.29, 1.82) is 0 Å². The number of hydrogen-bond donors (Lipinski definition) is 0. The van der Waals surface area contributed by atoms with Crippen molar-refractivity contribution in [3.8, 4) is 11.1 Å². The number of aryl methyl sites for hydroxylation is 2. The first-order valence-corrected chi connectivity index (χ1v) is 10.0. The second-order valence-corrected chi connectivity index (χ2v) is 8.94. The van der Waals surface area contributed by atoms with E-state index >= 15 is 0 Å². The van der Waals surface area contributed by atoms with Crippen LogP contribution in [0.3, 0.4) is 0 Å². The van der Waals surface area contributed by atoms with Crippen LogP contribution in [0.25, 0.3) is 11.1 Å². The molecule has 1 aliphatic heterocycles. The Morgan fingerprint density at radius 1 is 0.964 bits per heavy atom. The van der Waals surface area contributed by atoms with E-state index in [0.717, 1.165) is 27.8 Å². The first-order chi connectivity index (χ1) is 13.0. The van der Waals surface area contributed by atoms with Crippen LogP contribution in [0.5, 0.6) is 0 Å². The van der Waals surface area contributed by atoms with Gasteiger partial charge in [0.05, 0.1) is 0 Å². The Hall–Kier alpha value is -1.97. The van der Waals surface area contributed by atoms with E-state index in [1.165, 1.54) is 0 Å². The highest BCUT2D eigenvalue weighted by atomic mass is 35.5. The van der Waals surface area contributed by atoms with Gasteiger partial charge in [0.2, 0.25) is 0 Å². The minimum absolute atomic E-state index is 0.187. The van der Waals surface area contributed by atoms with Crippen LogP contribution in [0.4, 0.5) is 0 Å². The third-order valence-corrected chi connectivity index (χ3v) is 5.80. The molecule has 3 nitrogen and oxygen atoms in total. The van der Waals surface area contributed by atoms with Crippen LogP contribution in [0.15, 0.2) is 36.4 Å². The van der Waals surface area contributed by atoms with E-state index < -0.39 is 17.1 Å². The third-order valence-electron chi connectivity index (χ3n) is 5.49. The SMILES string of the molecule is CCc1cc(-c2ccc(C)cc2Cl)ccc1C1C(=O)C(C)(C)OC(C)(C)C1=O. The van der Waals surface area contributed by atoms with Gasteiger partial charge >= 0.3 is 0 Å². The number of carbonyl (C=O) groups excluding carboxylic acids is 2. The molecule has 28 heavy (non-hydrogen) atoms. The van der Waals surface area contributed by atoms with Crippen LogP contribution in [-0.4, -0.2) is 22.8 Å². The summed E-state index contributed by atoms with van der Waals surface area (Å²) in [7, 11) is 0. The molecule has 2 aromatic carbocycles. The summed E-state index contributed by atoms with van der Waals surface area (Å²) in [6.07, 6.45) is 0.714. The fraction of sp³-hybridized carbons (Fsp3) is 0.417. The molecule has 0 aromatic heterocycles. The van der Waals surface area contributed by atoms with E-state index in [9.17, 15) is 9.59 Å². The van der Waals surface area contributed by atoms with Gasteiger partial charge in [-0.3, -0.25) is 9.59 Å². The summed E-state index contributed by atoms with van der Waals surface area (Å²) in [6.45, 7) is 11.0. The van der Waals surface area contributed by atoms with Gasteiger partial charge in [0.15, 0.2) is 11.6 Å². The maximum atomic E-state index is 13.1. The number of ether oxygens (including phenoxy) is 1. The topological polar surface area (TPSA) is 43.4 Å². The molecule has 1 heterocycles. The van der Waals surface area contributed by atoms with Gasteiger partial charge in [-0.15, -0.1) is 0 Å². The van der Waals surface area contributed by atoms with Crippen molar-refractivity contribution in [2.45, 2.75) is 65.1 Å². The van der Waals surface area contributed by atoms with Crippen LogP contribution in [0.2, 0.25) is 5.02 Å². The number of ketones is 2. The minimum Gasteiger partial charge on any atom is -0.354 e. The van der Waals surface area contributed by atoms with Gasteiger partial charge in [-0.25, -0.2) is 0 Å². The molecule has 2 aromatic rings. The lowest BCUT2D eigenvalue weighted by Gasteiger charge is -2.43. The van der Waals surface area contributed by atoms with Crippen LogP contribution < -0.4 is 0 Å². The molecular formula is C24H27ClO3. The first-order valence-electron chi connectivity index (χ1n) is 9.66. The second-order valence-electron chi connectivity index (χ2n) is 8.53. The normalized spacial score (nSPS) is 19.1. The molecule has 1 saturated heterocycles. The van der Waals surface area contributed by atoms with E-state index in [-0.39, 0.29) is 11.6 Å². The van der Waals surface area contributed by atoms with Crippen LogP contribution >= 0.6 is 11.6 Å². The maximum absolute atomic E-state index is 13.1. The van der Waals surface area contributed by atoms with Gasteiger partial charge in [0.1, 0.15) is 17.1 Å². The summed E-state index contributed by atoms with van der Waals surface area (Å²) in [5.74, 6) is -1.18. The molecule has 148 valence electrons. The summed E-state index contributed by atoms with van der Waals surface area (Å²) in [6, 6.07) is 11.9. The van der Waals surface area contributed by atoms with Gasteiger partial charge in [0.25, 0.3) is 0 Å². The van der Waals surface area contributed by atoms with E-state index in [2.05, 4.69) is 0 Å². The monoisotopic (exact) mass is 398 g/mol. The molecule has 0 atom stereocenters. The third kappa shape index (κ3) is 3.54. The Bertz CT molecular complexity index is 930. The average molecular weight is 399 g/mol. The minimum atomic E-state index is -1.01. The van der Waals surface area contributed by atoms with Crippen LogP contribution in [-0.2, 0) is 20.7 Å². The first kappa shape index (κ1) is 20.8. The van der Waals surface area contributed by atoms with Crippen molar-refractivity contribution in [2.75, 3.05) is 0 Å². The molecule has 0 radical (unpaired) electrons. The lowest BCUT2D eigenvalue weighted by molar-refractivity contribution is -0.184. The lowest BCUT2D eigenvalue weighted by Crippen LogP contribution is -2.58. The molecule has 0 unspecified atom stereocenters. The zero-order chi connectivity index (χ0) is 20.9. The largest absolute Gasteiger partial charge is 0.354 e. The molecule has 1 fully saturated rings. The summed E-state index contributed by atoms with van der Waals surface area (Å²) in [4.78, 5) is 26.2. The molecule has 0 N–H and O–H groups in total. The average Bonchev–Trinajstić information content (AvgIpc) is 2.60.